The molecule has 18 heavy (non-hydrogen) atoms. The van der Waals surface area contributed by atoms with Gasteiger partial charge < -0.3 is 4.90 Å². The summed E-state index contributed by atoms with van der Waals surface area (Å²) in [6, 6.07) is 18.2. The molecule has 0 saturated carbocycles. The van der Waals surface area contributed by atoms with Crippen molar-refractivity contribution < 1.29 is 4.79 Å². The summed E-state index contributed by atoms with van der Waals surface area (Å²) in [5.41, 5.74) is 2.16. The molecule has 3 rings (SSSR count). The van der Waals surface area contributed by atoms with Crippen LogP contribution in [0.5, 0.6) is 0 Å². The van der Waals surface area contributed by atoms with Gasteiger partial charge in [0.25, 0.3) is 0 Å². The summed E-state index contributed by atoms with van der Waals surface area (Å²) in [6.45, 7) is 0. The molecule has 1 saturated heterocycles. The van der Waals surface area contributed by atoms with E-state index in [-0.39, 0.29) is 11.9 Å². The quantitative estimate of drug-likeness (QED) is 0.770. The number of amides is 1. The zero-order valence-electron chi connectivity index (χ0n) is 9.71. The van der Waals surface area contributed by atoms with Gasteiger partial charge in [-0.1, -0.05) is 46.3 Å². The van der Waals surface area contributed by atoms with E-state index in [4.69, 9.17) is 0 Å². The number of para-hydroxylation sites is 1. The van der Waals surface area contributed by atoms with Gasteiger partial charge >= 0.3 is 0 Å². The average Bonchev–Trinajstić information content (AvgIpc) is 2.38. The third kappa shape index (κ3) is 1.95. The van der Waals surface area contributed by atoms with Crippen molar-refractivity contribution in [3.63, 3.8) is 0 Å². The molecular weight excluding hydrogens is 290 g/mol. The lowest BCUT2D eigenvalue weighted by atomic mass is 9.93. The third-order valence-corrected chi connectivity index (χ3v) is 3.77. The Morgan fingerprint density at radius 3 is 2.28 bits per heavy atom. The number of benzene rings is 2. The number of anilines is 1. The van der Waals surface area contributed by atoms with Crippen LogP contribution in [0.25, 0.3) is 0 Å². The van der Waals surface area contributed by atoms with E-state index in [0.29, 0.717) is 6.42 Å². The lowest BCUT2D eigenvalue weighted by Crippen LogP contribution is -2.46. The van der Waals surface area contributed by atoms with Gasteiger partial charge in [-0.3, -0.25) is 4.79 Å². The molecule has 2 aromatic carbocycles. The van der Waals surface area contributed by atoms with E-state index in [0.717, 1.165) is 10.2 Å². The summed E-state index contributed by atoms with van der Waals surface area (Å²) < 4.78 is 1.06. The predicted octanol–water partition coefficient (Wildman–Crippen LogP) is 3.93. The number of rotatable bonds is 2. The van der Waals surface area contributed by atoms with E-state index < -0.39 is 0 Å². The second-order valence-corrected chi connectivity index (χ2v) is 5.29. The topological polar surface area (TPSA) is 20.3 Å². The summed E-state index contributed by atoms with van der Waals surface area (Å²) >= 11 is 3.43. The minimum Gasteiger partial charge on any atom is -0.304 e. The zero-order valence-corrected chi connectivity index (χ0v) is 11.3. The molecule has 1 heterocycles. The smallest absolute Gasteiger partial charge is 0.230 e. The molecule has 90 valence electrons. The van der Waals surface area contributed by atoms with E-state index in [9.17, 15) is 4.79 Å². The maximum Gasteiger partial charge on any atom is 0.230 e. The van der Waals surface area contributed by atoms with Crippen molar-refractivity contribution in [2.45, 2.75) is 12.5 Å². The van der Waals surface area contributed by atoms with Gasteiger partial charge in [-0.05, 0) is 29.8 Å². The van der Waals surface area contributed by atoms with Gasteiger partial charge in [0.05, 0.1) is 12.5 Å². The molecule has 0 spiro atoms. The van der Waals surface area contributed by atoms with Crippen molar-refractivity contribution in [1.29, 1.82) is 0 Å². The molecule has 1 aliphatic heterocycles. The van der Waals surface area contributed by atoms with Gasteiger partial charge in [0.15, 0.2) is 0 Å². The highest BCUT2D eigenvalue weighted by molar-refractivity contribution is 9.10. The van der Waals surface area contributed by atoms with Crippen LogP contribution in [-0.2, 0) is 4.79 Å². The minimum absolute atomic E-state index is 0.174. The summed E-state index contributed by atoms with van der Waals surface area (Å²) in [4.78, 5) is 13.7. The molecule has 0 aromatic heterocycles. The van der Waals surface area contributed by atoms with Crippen LogP contribution in [0.15, 0.2) is 59.1 Å². The van der Waals surface area contributed by atoms with E-state index in [1.807, 2.05) is 47.4 Å². The van der Waals surface area contributed by atoms with Crippen molar-refractivity contribution in [3.8, 4) is 0 Å². The van der Waals surface area contributed by atoms with Crippen LogP contribution in [0.1, 0.15) is 18.0 Å². The highest BCUT2D eigenvalue weighted by Crippen LogP contribution is 2.38. The lowest BCUT2D eigenvalue weighted by molar-refractivity contribution is -0.124. The number of hydrogen-bond acceptors (Lipinski definition) is 1. The number of carbonyl (C=O) groups is 1. The first-order valence-electron chi connectivity index (χ1n) is 5.88. The molecule has 1 aliphatic rings. The number of hydrogen-bond donors (Lipinski definition) is 0. The lowest BCUT2D eigenvalue weighted by Gasteiger charge is -2.40. The number of carbonyl (C=O) groups excluding carboxylic acids is 1. The molecule has 0 radical (unpaired) electrons. The highest BCUT2D eigenvalue weighted by Gasteiger charge is 2.37. The number of halogens is 1. The Labute approximate surface area is 114 Å². The zero-order chi connectivity index (χ0) is 12.5. The number of nitrogens with zero attached hydrogens (tertiary/aromatic N) is 1. The van der Waals surface area contributed by atoms with Gasteiger partial charge in [-0.15, -0.1) is 0 Å². The molecule has 1 fully saturated rings. The van der Waals surface area contributed by atoms with Crippen molar-refractivity contribution >= 4 is 27.5 Å². The fourth-order valence-corrected chi connectivity index (χ4v) is 2.55. The van der Waals surface area contributed by atoms with Crippen LogP contribution >= 0.6 is 15.9 Å². The van der Waals surface area contributed by atoms with Crippen LogP contribution in [-0.4, -0.2) is 5.91 Å². The molecule has 1 unspecified atom stereocenters. The van der Waals surface area contributed by atoms with Gasteiger partial charge in [0.2, 0.25) is 5.91 Å². The standard InChI is InChI=1S/C15H12BrNO/c16-12-8-6-11(7-9-12)14-10-15(18)17(14)13-4-2-1-3-5-13/h1-9,14H,10H2. The Kier molecular flexibility index (Phi) is 2.92. The average molecular weight is 302 g/mol. The monoisotopic (exact) mass is 301 g/mol. The molecule has 2 aromatic rings. The summed E-state index contributed by atoms with van der Waals surface area (Å²) in [6.07, 6.45) is 0.594. The fourth-order valence-electron chi connectivity index (χ4n) is 2.28. The second-order valence-electron chi connectivity index (χ2n) is 4.37. The van der Waals surface area contributed by atoms with Crippen molar-refractivity contribution in [2.75, 3.05) is 4.90 Å². The SMILES string of the molecule is O=C1CC(c2ccc(Br)cc2)N1c1ccccc1. The summed E-state index contributed by atoms with van der Waals surface area (Å²) in [5.74, 6) is 0.189. The largest absolute Gasteiger partial charge is 0.304 e. The van der Waals surface area contributed by atoms with Gasteiger partial charge in [0.1, 0.15) is 0 Å². The van der Waals surface area contributed by atoms with Gasteiger partial charge in [0, 0.05) is 10.2 Å². The van der Waals surface area contributed by atoms with E-state index in [2.05, 4.69) is 28.1 Å². The molecule has 1 amide bonds. The Hall–Kier alpha value is -1.61. The van der Waals surface area contributed by atoms with Crippen molar-refractivity contribution in [3.05, 3.63) is 64.6 Å². The summed E-state index contributed by atoms with van der Waals surface area (Å²) in [7, 11) is 0. The Morgan fingerprint density at radius 2 is 1.67 bits per heavy atom. The first-order chi connectivity index (χ1) is 8.75. The molecule has 0 aliphatic carbocycles. The van der Waals surface area contributed by atoms with Crippen molar-refractivity contribution in [2.24, 2.45) is 0 Å². The predicted molar refractivity (Wildman–Crippen MR) is 75.4 cm³/mol. The molecular formula is C15H12BrNO. The van der Waals surface area contributed by atoms with Crippen molar-refractivity contribution in [1.82, 2.24) is 0 Å². The molecule has 0 bridgehead atoms. The Bertz CT molecular complexity index is 565. The van der Waals surface area contributed by atoms with Crippen LogP contribution in [0.3, 0.4) is 0 Å². The molecule has 1 atom stereocenters. The molecule has 3 heteroatoms. The van der Waals surface area contributed by atoms with Gasteiger partial charge in [-0.25, -0.2) is 0 Å². The Morgan fingerprint density at radius 1 is 1.00 bits per heavy atom. The van der Waals surface area contributed by atoms with Gasteiger partial charge in [-0.2, -0.15) is 0 Å². The minimum atomic E-state index is 0.174. The maximum atomic E-state index is 11.8. The third-order valence-electron chi connectivity index (χ3n) is 3.24. The highest BCUT2D eigenvalue weighted by atomic mass is 79.9. The normalized spacial score (nSPS) is 18.6. The number of β-lactam (4-membered cyclic amide) rings is 1. The van der Waals surface area contributed by atoms with E-state index >= 15 is 0 Å². The van der Waals surface area contributed by atoms with Crippen LogP contribution in [0, 0.1) is 0 Å². The van der Waals surface area contributed by atoms with Crippen LogP contribution < -0.4 is 4.90 Å². The first-order valence-corrected chi connectivity index (χ1v) is 6.67. The van der Waals surface area contributed by atoms with E-state index in [1.54, 1.807) is 0 Å². The Balaban J connectivity index is 1.90. The first kappa shape index (κ1) is 11.5. The second kappa shape index (κ2) is 4.58. The maximum absolute atomic E-state index is 11.8. The van der Waals surface area contributed by atoms with Crippen LogP contribution in [0.4, 0.5) is 5.69 Å². The summed E-state index contributed by atoms with van der Waals surface area (Å²) in [5, 5.41) is 0. The van der Waals surface area contributed by atoms with E-state index in [1.165, 1.54) is 5.56 Å². The molecule has 2 nitrogen and oxygen atoms in total. The molecule has 0 N–H and O–H groups in total. The van der Waals surface area contributed by atoms with Crippen LogP contribution in [0.2, 0.25) is 0 Å². The fraction of sp³-hybridized carbons (Fsp3) is 0.133.